The van der Waals surface area contributed by atoms with E-state index in [0.717, 1.165) is 16.5 Å². The average Bonchev–Trinajstić information content (AvgIpc) is 2.28. The first-order valence-electron chi connectivity index (χ1n) is 4.67. The number of halogens is 1. The van der Waals surface area contributed by atoms with Crippen LogP contribution in [0.15, 0.2) is 30.5 Å². The van der Waals surface area contributed by atoms with E-state index in [0.29, 0.717) is 5.56 Å². The van der Waals surface area contributed by atoms with Gasteiger partial charge in [-0.3, -0.25) is 9.78 Å². The van der Waals surface area contributed by atoms with E-state index in [2.05, 4.69) is 4.98 Å². The van der Waals surface area contributed by atoms with Crippen LogP contribution in [0.2, 0.25) is 0 Å². The number of benzene rings is 1. The minimum absolute atomic E-state index is 0.000925. The molecule has 0 fully saturated rings. The minimum Gasteiger partial charge on any atom is -0.293 e. The van der Waals surface area contributed by atoms with Crippen LogP contribution >= 0.6 is 11.6 Å². The molecule has 0 aliphatic carbocycles. The second-order valence-electron chi connectivity index (χ2n) is 3.42. The summed E-state index contributed by atoms with van der Waals surface area (Å²) in [6.07, 6.45) is 1.58. The summed E-state index contributed by atoms with van der Waals surface area (Å²) < 4.78 is 0. The zero-order valence-electron chi connectivity index (χ0n) is 8.33. The van der Waals surface area contributed by atoms with Crippen LogP contribution in [-0.2, 0) is 0 Å². The van der Waals surface area contributed by atoms with Gasteiger partial charge in [-0.05, 0) is 24.6 Å². The Hall–Kier alpha value is -1.41. The molecule has 0 radical (unpaired) electrons. The highest BCUT2D eigenvalue weighted by molar-refractivity contribution is 6.30. The molecule has 0 spiro atoms. The Morgan fingerprint density at radius 1 is 1.47 bits per heavy atom. The van der Waals surface area contributed by atoms with Gasteiger partial charge in [0.2, 0.25) is 0 Å². The number of hydrogen-bond donors (Lipinski definition) is 0. The number of carbonyl (C=O) groups is 1. The van der Waals surface area contributed by atoms with E-state index in [9.17, 15) is 4.79 Å². The predicted molar refractivity (Wildman–Crippen MR) is 61.5 cm³/mol. The van der Waals surface area contributed by atoms with Crippen LogP contribution in [0.1, 0.15) is 15.9 Å². The molecule has 1 aromatic heterocycles. The van der Waals surface area contributed by atoms with Crippen molar-refractivity contribution in [1.29, 1.82) is 0 Å². The van der Waals surface area contributed by atoms with Gasteiger partial charge in [-0.1, -0.05) is 12.1 Å². The summed E-state index contributed by atoms with van der Waals surface area (Å²) in [5.41, 5.74) is 2.59. The number of carbonyl (C=O) groups excluding carboxylic acids is 1. The monoisotopic (exact) mass is 219 g/mol. The second-order valence-corrected chi connectivity index (χ2v) is 3.69. The summed E-state index contributed by atoms with van der Waals surface area (Å²) in [5.74, 6) is -0.0895. The summed E-state index contributed by atoms with van der Waals surface area (Å²) >= 11 is 5.50. The summed E-state index contributed by atoms with van der Waals surface area (Å²) in [7, 11) is 0. The quantitative estimate of drug-likeness (QED) is 0.574. The Labute approximate surface area is 92.9 Å². The Balaban J connectivity index is 2.64. The van der Waals surface area contributed by atoms with Crippen molar-refractivity contribution in [3.05, 3.63) is 41.6 Å². The van der Waals surface area contributed by atoms with Gasteiger partial charge in [0.1, 0.15) is 0 Å². The van der Waals surface area contributed by atoms with Crippen molar-refractivity contribution in [3.8, 4) is 0 Å². The normalized spacial score (nSPS) is 10.5. The molecule has 0 bridgehead atoms. The van der Waals surface area contributed by atoms with Gasteiger partial charge >= 0.3 is 0 Å². The number of hydrogen-bond acceptors (Lipinski definition) is 2. The first-order valence-corrected chi connectivity index (χ1v) is 5.20. The Morgan fingerprint density at radius 2 is 2.27 bits per heavy atom. The molecule has 0 saturated carbocycles. The van der Waals surface area contributed by atoms with Gasteiger partial charge in [-0.2, -0.15) is 0 Å². The maximum atomic E-state index is 11.4. The van der Waals surface area contributed by atoms with Crippen molar-refractivity contribution in [1.82, 2.24) is 4.98 Å². The molecule has 2 aromatic rings. The Bertz CT molecular complexity index is 522. The largest absolute Gasteiger partial charge is 0.293 e. The number of alkyl halides is 1. The number of aryl methyl sites for hydroxylation is 1. The number of aromatic nitrogens is 1. The van der Waals surface area contributed by atoms with E-state index in [-0.39, 0.29) is 11.7 Å². The molecule has 0 aliphatic heterocycles. The van der Waals surface area contributed by atoms with Crippen LogP contribution in [0.4, 0.5) is 0 Å². The van der Waals surface area contributed by atoms with Crippen molar-refractivity contribution in [2.45, 2.75) is 6.92 Å². The van der Waals surface area contributed by atoms with Crippen LogP contribution < -0.4 is 0 Å². The van der Waals surface area contributed by atoms with E-state index in [4.69, 9.17) is 11.6 Å². The van der Waals surface area contributed by atoms with E-state index < -0.39 is 0 Å². The smallest absolute Gasteiger partial charge is 0.179 e. The highest BCUT2D eigenvalue weighted by atomic mass is 35.5. The predicted octanol–water partition coefficient (Wildman–Crippen LogP) is 2.96. The van der Waals surface area contributed by atoms with Gasteiger partial charge in [0.05, 0.1) is 11.4 Å². The molecule has 0 saturated heterocycles. The average molecular weight is 220 g/mol. The highest BCUT2D eigenvalue weighted by Gasteiger charge is 2.06. The number of rotatable bonds is 2. The molecule has 0 N–H and O–H groups in total. The number of Topliss-reactive ketones (excluding diaryl/α,β-unsaturated/α-hetero) is 1. The summed E-state index contributed by atoms with van der Waals surface area (Å²) in [6.45, 7) is 2.00. The third-order valence-electron chi connectivity index (χ3n) is 2.39. The molecule has 76 valence electrons. The van der Waals surface area contributed by atoms with Gasteiger partial charge in [0.25, 0.3) is 0 Å². The number of fused-ring (bicyclic) bond motifs is 1. The minimum atomic E-state index is -0.0886. The molecular formula is C12H10ClNO. The standard InChI is InChI=1S/C12H10ClNO/c1-8-3-2-4-11-10(8)5-9(7-14-11)12(15)6-13/h2-5,7H,6H2,1H3. The Morgan fingerprint density at radius 3 is 3.00 bits per heavy atom. The van der Waals surface area contributed by atoms with Gasteiger partial charge in [-0.25, -0.2) is 0 Å². The maximum absolute atomic E-state index is 11.4. The SMILES string of the molecule is Cc1cccc2ncc(C(=O)CCl)cc12. The molecule has 2 rings (SSSR count). The lowest BCUT2D eigenvalue weighted by Gasteiger charge is -2.03. The molecular weight excluding hydrogens is 210 g/mol. The molecule has 1 heterocycles. The lowest BCUT2D eigenvalue weighted by atomic mass is 10.1. The van der Waals surface area contributed by atoms with Gasteiger partial charge in [0, 0.05) is 17.1 Å². The van der Waals surface area contributed by atoms with Crippen molar-refractivity contribution >= 4 is 28.3 Å². The number of ketones is 1. The summed E-state index contributed by atoms with van der Waals surface area (Å²) in [4.78, 5) is 15.6. The van der Waals surface area contributed by atoms with Crippen LogP contribution in [0.3, 0.4) is 0 Å². The molecule has 1 aromatic carbocycles. The fourth-order valence-corrected chi connectivity index (χ4v) is 1.68. The topological polar surface area (TPSA) is 30.0 Å². The molecule has 0 unspecified atom stereocenters. The molecule has 0 amide bonds. The molecule has 0 atom stereocenters. The van der Waals surface area contributed by atoms with Crippen molar-refractivity contribution in [2.75, 3.05) is 5.88 Å². The second kappa shape index (κ2) is 3.99. The van der Waals surface area contributed by atoms with E-state index in [1.54, 1.807) is 6.20 Å². The first kappa shape index (κ1) is 10.1. The number of nitrogens with zero attached hydrogens (tertiary/aromatic N) is 1. The van der Waals surface area contributed by atoms with Crippen LogP contribution in [-0.4, -0.2) is 16.6 Å². The molecule has 0 aliphatic rings. The van der Waals surface area contributed by atoms with Crippen molar-refractivity contribution in [3.63, 3.8) is 0 Å². The first-order chi connectivity index (χ1) is 7.22. The third-order valence-corrected chi connectivity index (χ3v) is 2.63. The van der Waals surface area contributed by atoms with Gasteiger partial charge in [0.15, 0.2) is 5.78 Å². The molecule has 3 heteroatoms. The lowest BCUT2D eigenvalue weighted by Crippen LogP contribution is -2.01. The zero-order valence-corrected chi connectivity index (χ0v) is 9.08. The molecule has 15 heavy (non-hydrogen) atoms. The van der Waals surface area contributed by atoms with Gasteiger partial charge in [-0.15, -0.1) is 11.6 Å². The number of pyridine rings is 1. The molecule has 2 nitrogen and oxygen atoms in total. The lowest BCUT2D eigenvalue weighted by molar-refractivity contribution is 0.102. The summed E-state index contributed by atoms with van der Waals surface area (Å²) in [6, 6.07) is 7.73. The van der Waals surface area contributed by atoms with Crippen LogP contribution in [0.25, 0.3) is 10.9 Å². The van der Waals surface area contributed by atoms with E-state index in [1.807, 2.05) is 31.2 Å². The maximum Gasteiger partial charge on any atom is 0.179 e. The van der Waals surface area contributed by atoms with Crippen LogP contribution in [0.5, 0.6) is 0 Å². The van der Waals surface area contributed by atoms with E-state index >= 15 is 0 Å². The summed E-state index contributed by atoms with van der Waals surface area (Å²) in [5, 5.41) is 1.01. The van der Waals surface area contributed by atoms with Crippen LogP contribution in [0, 0.1) is 6.92 Å². The fourth-order valence-electron chi connectivity index (χ4n) is 1.53. The fraction of sp³-hybridized carbons (Fsp3) is 0.167. The van der Waals surface area contributed by atoms with Crippen molar-refractivity contribution in [2.24, 2.45) is 0 Å². The van der Waals surface area contributed by atoms with E-state index in [1.165, 1.54) is 0 Å². The van der Waals surface area contributed by atoms with Gasteiger partial charge < -0.3 is 0 Å². The van der Waals surface area contributed by atoms with Crippen molar-refractivity contribution < 1.29 is 4.79 Å². The zero-order chi connectivity index (χ0) is 10.8. The third kappa shape index (κ3) is 1.85. The Kier molecular flexibility index (Phi) is 2.69. The highest BCUT2D eigenvalue weighted by Crippen LogP contribution is 2.17.